The van der Waals surface area contributed by atoms with E-state index in [1.807, 2.05) is 6.26 Å². The molecule has 1 amide bonds. The molecule has 15 heavy (non-hydrogen) atoms. The van der Waals surface area contributed by atoms with Gasteiger partial charge in [-0.2, -0.15) is 0 Å². The molecule has 0 saturated heterocycles. The van der Waals surface area contributed by atoms with Crippen LogP contribution in [0.2, 0.25) is 0 Å². The highest BCUT2D eigenvalue weighted by Crippen LogP contribution is 2.42. The molecule has 0 aromatic heterocycles. The maximum absolute atomic E-state index is 13.5. The Balaban J connectivity index is 2.54. The number of amides is 1. The van der Waals surface area contributed by atoms with Crippen LogP contribution in [0, 0.1) is 5.82 Å². The Labute approximate surface area is 91.0 Å². The fourth-order valence-electron chi connectivity index (χ4n) is 1.62. The Morgan fingerprint density at radius 1 is 1.53 bits per heavy atom. The number of anilines is 1. The van der Waals surface area contributed by atoms with Gasteiger partial charge in [-0.05, 0) is 12.3 Å². The Morgan fingerprint density at radius 3 is 2.87 bits per heavy atom. The molecular formula is C10H10FNO2S. The van der Waals surface area contributed by atoms with Crippen LogP contribution in [-0.2, 0) is 4.79 Å². The lowest BCUT2D eigenvalue weighted by molar-refractivity contribution is -0.115. The number of thioether (sulfide) groups is 1. The molecule has 1 N–H and O–H groups in total. The van der Waals surface area contributed by atoms with E-state index < -0.39 is 5.82 Å². The molecule has 2 rings (SSSR count). The molecule has 5 heteroatoms. The molecule has 3 nitrogen and oxygen atoms in total. The number of methoxy groups -OCH3 is 1. The average Bonchev–Trinajstić information content (AvgIpc) is 2.54. The lowest BCUT2D eigenvalue weighted by Crippen LogP contribution is -2.08. The zero-order valence-electron chi connectivity index (χ0n) is 8.33. The first-order chi connectivity index (χ1) is 7.17. The summed E-state index contributed by atoms with van der Waals surface area (Å²) < 4.78 is 18.5. The van der Waals surface area contributed by atoms with Gasteiger partial charge in [0.25, 0.3) is 0 Å². The van der Waals surface area contributed by atoms with Crippen molar-refractivity contribution in [1.29, 1.82) is 0 Å². The lowest BCUT2D eigenvalue weighted by Gasteiger charge is -2.07. The van der Waals surface area contributed by atoms with Gasteiger partial charge in [0.05, 0.1) is 12.8 Å². The number of hydrogen-bond donors (Lipinski definition) is 1. The summed E-state index contributed by atoms with van der Waals surface area (Å²) in [5.74, 6) is -0.194. The van der Waals surface area contributed by atoms with Crippen molar-refractivity contribution in [3.05, 3.63) is 23.5 Å². The summed E-state index contributed by atoms with van der Waals surface area (Å²) in [5.41, 5.74) is 0.935. The lowest BCUT2D eigenvalue weighted by atomic mass is 10.1. The van der Waals surface area contributed by atoms with Crippen LogP contribution in [0.3, 0.4) is 0 Å². The van der Waals surface area contributed by atoms with Crippen molar-refractivity contribution in [2.24, 2.45) is 0 Å². The van der Waals surface area contributed by atoms with E-state index in [-0.39, 0.29) is 16.8 Å². The number of nitrogens with one attached hydrogen (secondary N) is 1. The largest absolute Gasteiger partial charge is 0.497 e. The van der Waals surface area contributed by atoms with Gasteiger partial charge in [0.15, 0.2) is 5.82 Å². The van der Waals surface area contributed by atoms with E-state index in [2.05, 4.69) is 5.32 Å². The first-order valence-electron chi connectivity index (χ1n) is 4.38. The van der Waals surface area contributed by atoms with Gasteiger partial charge >= 0.3 is 0 Å². The molecule has 0 aliphatic carbocycles. The number of hydrogen-bond acceptors (Lipinski definition) is 3. The maximum Gasteiger partial charge on any atom is 0.242 e. The SMILES string of the molecule is COc1cc(F)c2c(c1)[C@H](SC)C(=O)N2. The highest BCUT2D eigenvalue weighted by Gasteiger charge is 2.32. The first kappa shape index (κ1) is 10.3. The van der Waals surface area contributed by atoms with Crippen LogP contribution < -0.4 is 10.1 Å². The van der Waals surface area contributed by atoms with Gasteiger partial charge < -0.3 is 10.1 Å². The van der Waals surface area contributed by atoms with E-state index in [1.165, 1.54) is 24.9 Å². The second-order valence-corrected chi connectivity index (χ2v) is 4.12. The molecule has 1 aliphatic rings. The molecule has 0 bridgehead atoms. The van der Waals surface area contributed by atoms with E-state index in [4.69, 9.17) is 4.74 Å². The zero-order chi connectivity index (χ0) is 11.0. The van der Waals surface area contributed by atoms with Crippen molar-refractivity contribution in [2.45, 2.75) is 5.25 Å². The minimum Gasteiger partial charge on any atom is -0.497 e. The third-order valence-corrected chi connectivity index (χ3v) is 3.27. The highest BCUT2D eigenvalue weighted by molar-refractivity contribution is 7.99. The molecule has 1 atom stereocenters. The summed E-state index contributed by atoms with van der Waals surface area (Å²) in [7, 11) is 1.47. The molecular weight excluding hydrogens is 217 g/mol. The Bertz CT molecular complexity index is 422. The molecule has 0 spiro atoms. The van der Waals surface area contributed by atoms with Gasteiger partial charge in [0.2, 0.25) is 5.91 Å². The van der Waals surface area contributed by atoms with Crippen molar-refractivity contribution in [2.75, 3.05) is 18.7 Å². The molecule has 0 saturated carbocycles. The number of fused-ring (bicyclic) bond motifs is 1. The van der Waals surface area contributed by atoms with E-state index in [1.54, 1.807) is 6.07 Å². The van der Waals surface area contributed by atoms with Gasteiger partial charge in [-0.25, -0.2) is 4.39 Å². The molecule has 1 aliphatic heterocycles. The van der Waals surface area contributed by atoms with Crippen molar-refractivity contribution in [1.82, 2.24) is 0 Å². The summed E-state index contributed by atoms with van der Waals surface area (Å²) >= 11 is 1.38. The predicted octanol–water partition coefficient (Wildman–Crippen LogP) is 2.19. The van der Waals surface area contributed by atoms with Gasteiger partial charge in [-0.15, -0.1) is 11.8 Å². The minimum absolute atomic E-state index is 0.176. The van der Waals surface area contributed by atoms with E-state index in [0.717, 1.165) is 0 Å². The molecule has 0 unspecified atom stereocenters. The number of carbonyl (C=O) groups excluding carboxylic acids is 1. The van der Waals surface area contributed by atoms with Crippen molar-refractivity contribution in [3.8, 4) is 5.75 Å². The van der Waals surface area contributed by atoms with Gasteiger partial charge in [-0.1, -0.05) is 0 Å². The molecule has 0 radical (unpaired) electrons. The van der Waals surface area contributed by atoms with Crippen LogP contribution >= 0.6 is 11.8 Å². The quantitative estimate of drug-likeness (QED) is 0.841. The Hall–Kier alpha value is -1.23. The number of benzene rings is 1. The van der Waals surface area contributed by atoms with E-state index >= 15 is 0 Å². The molecule has 1 aromatic carbocycles. The Kier molecular flexibility index (Phi) is 2.56. The summed E-state index contributed by atoms with van der Waals surface area (Å²) in [6.07, 6.45) is 1.82. The number of carbonyl (C=O) groups is 1. The van der Waals surface area contributed by atoms with Crippen LogP contribution in [0.1, 0.15) is 10.8 Å². The topological polar surface area (TPSA) is 38.3 Å². The number of halogens is 1. The van der Waals surface area contributed by atoms with Crippen LogP contribution in [0.15, 0.2) is 12.1 Å². The second-order valence-electron chi connectivity index (χ2n) is 3.18. The highest BCUT2D eigenvalue weighted by atomic mass is 32.2. The normalized spacial score (nSPS) is 18.6. The summed E-state index contributed by atoms with van der Waals surface area (Å²) in [6.45, 7) is 0. The molecule has 80 valence electrons. The smallest absolute Gasteiger partial charge is 0.242 e. The van der Waals surface area contributed by atoms with Crippen LogP contribution in [0.4, 0.5) is 10.1 Å². The van der Waals surface area contributed by atoms with Crippen LogP contribution in [0.5, 0.6) is 5.75 Å². The molecule has 0 fully saturated rings. The summed E-state index contributed by atoms with van der Waals surface area (Å²) in [5, 5.41) is 2.18. The third-order valence-electron chi connectivity index (χ3n) is 2.33. The number of rotatable bonds is 2. The predicted molar refractivity (Wildman–Crippen MR) is 57.8 cm³/mol. The summed E-state index contributed by atoms with van der Waals surface area (Å²) in [6, 6.07) is 2.96. The fraction of sp³-hybridized carbons (Fsp3) is 0.300. The zero-order valence-corrected chi connectivity index (χ0v) is 9.15. The van der Waals surface area contributed by atoms with Crippen LogP contribution in [0.25, 0.3) is 0 Å². The van der Waals surface area contributed by atoms with E-state index in [0.29, 0.717) is 11.3 Å². The third kappa shape index (κ3) is 1.56. The Morgan fingerprint density at radius 2 is 2.27 bits per heavy atom. The molecule has 1 aromatic rings. The summed E-state index contributed by atoms with van der Waals surface area (Å²) in [4.78, 5) is 11.5. The van der Waals surface area contributed by atoms with Crippen molar-refractivity contribution < 1.29 is 13.9 Å². The van der Waals surface area contributed by atoms with Gasteiger partial charge in [-0.3, -0.25) is 4.79 Å². The van der Waals surface area contributed by atoms with Gasteiger partial charge in [0.1, 0.15) is 11.0 Å². The minimum atomic E-state index is -0.450. The van der Waals surface area contributed by atoms with E-state index in [9.17, 15) is 9.18 Å². The van der Waals surface area contributed by atoms with Crippen molar-refractivity contribution >= 4 is 23.4 Å². The monoisotopic (exact) mass is 227 g/mol. The standard InChI is InChI=1S/C10H10FNO2S/c1-14-5-3-6-8(7(11)4-5)12-10(13)9(6)15-2/h3-4,9H,1-2H3,(H,12,13)/t9-/m0/s1. The average molecular weight is 227 g/mol. The van der Waals surface area contributed by atoms with Crippen molar-refractivity contribution in [3.63, 3.8) is 0 Å². The number of ether oxygens (including phenoxy) is 1. The second kappa shape index (κ2) is 3.73. The van der Waals surface area contributed by atoms with Gasteiger partial charge in [0, 0.05) is 11.6 Å². The fourth-order valence-corrected chi connectivity index (χ4v) is 2.34. The van der Waals surface area contributed by atoms with Crippen LogP contribution in [-0.4, -0.2) is 19.3 Å². The first-order valence-corrected chi connectivity index (χ1v) is 5.67. The maximum atomic E-state index is 13.5. The molecule has 1 heterocycles.